The Balaban J connectivity index is 1.58. The Morgan fingerprint density at radius 2 is 2.17 bits per heavy atom. The van der Waals surface area contributed by atoms with E-state index in [4.69, 9.17) is 5.11 Å². The van der Waals surface area contributed by atoms with Crippen LogP contribution in [0.25, 0.3) is 0 Å². The van der Waals surface area contributed by atoms with Crippen LogP contribution < -0.4 is 5.32 Å². The monoisotopic (exact) mass is 267 g/mol. The predicted octanol–water partition coefficient (Wildman–Crippen LogP) is 3.51. The van der Waals surface area contributed by atoms with Crippen LogP contribution in [0.15, 0.2) is 12.1 Å². The molecule has 0 unspecified atom stereocenters. The third kappa shape index (κ3) is 4.10. The van der Waals surface area contributed by atoms with Gasteiger partial charge in [0.1, 0.15) is 4.88 Å². The van der Waals surface area contributed by atoms with E-state index in [0.717, 1.165) is 23.9 Å². The molecule has 0 bridgehead atoms. The minimum absolute atomic E-state index is 0.428. The first-order chi connectivity index (χ1) is 8.75. The lowest BCUT2D eigenvalue weighted by Gasteiger charge is -2.08. The Bertz CT molecular complexity index is 383. The Kier molecular flexibility index (Phi) is 5.20. The van der Waals surface area contributed by atoms with Crippen molar-refractivity contribution in [2.75, 3.05) is 6.54 Å². The van der Waals surface area contributed by atoms with Crippen molar-refractivity contribution in [2.45, 2.75) is 45.1 Å². The molecule has 1 fully saturated rings. The van der Waals surface area contributed by atoms with E-state index in [9.17, 15) is 4.79 Å². The van der Waals surface area contributed by atoms with Gasteiger partial charge in [0.2, 0.25) is 0 Å². The molecule has 0 aliphatic heterocycles. The van der Waals surface area contributed by atoms with Gasteiger partial charge in [0, 0.05) is 11.4 Å². The summed E-state index contributed by atoms with van der Waals surface area (Å²) in [7, 11) is 0. The van der Waals surface area contributed by atoms with Crippen molar-refractivity contribution in [2.24, 2.45) is 5.92 Å². The number of carboxylic acid groups (broad SMARTS) is 1. The number of carboxylic acids is 1. The third-order valence-electron chi connectivity index (χ3n) is 3.61. The third-order valence-corrected chi connectivity index (χ3v) is 4.69. The van der Waals surface area contributed by atoms with E-state index in [0.29, 0.717) is 4.88 Å². The first-order valence-corrected chi connectivity index (χ1v) is 7.60. The molecule has 0 radical (unpaired) electrons. The highest BCUT2D eigenvalue weighted by Gasteiger charge is 2.13. The summed E-state index contributed by atoms with van der Waals surface area (Å²) in [6.07, 6.45) is 8.27. The van der Waals surface area contributed by atoms with Crippen molar-refractivity contribution >= 4 is 17.3 Å². The summed E-state index contributed by atoms with van der Waals surface area (Å²) in [5.74, 6) is 0.139. The van der Waals surface area contributed by atoms with Crippen molar-refractivity contribution in [1.29, 1.82) is 0 Å². The molecule has 1 saturated carbocycles. The smallest absolute Gasteiger partial charge is 0.345 e. The van der Waals surface area contributed by atoms with E-state index < -0.39 is 5.97 Å². The van der Waals surface area contributed by atoms with Crippen LogP contribution in [0.3, 0.4) is 0 Å². The SMILES string of the molecule is O=C(O)c1ccc(CNCCCC2CCCC2)s1. The van der Waals surface area contributed by atoms with Gasteiger partial charge in [-0.1, -0.05) is 25.7 Å². The molecular weight excluding hydrogens is 246 g/mol. The molecular formula is C14H21NO2S. The number of thiophene rings is 1. The number of aromatic carboxylic acids is 1. The van der Waals surface area contributed by atoms with Gasteiger partial charge in [0.25, 0.3) is 0 Å². The predicted molar refractivity (Wildman–Crippen MR) is 74.2 cm³/mol. The molecule has 2 N–H and O–H groups in total. The normalized spacial score (nSPS) is 16.2. The maximum atomic E-state index is 10.7. The zero-order valence-electron chi connectivity index (χ0n) is 10.7. The average molecular weight is 267 g/mol. The zero-order chi connectivity index (χ0) is 12.8. The molecule has 18 heavy (non-hydrogen) atoms. The van der Waals surface area contributed by atoms with Gasteiger partial charge in [-0.25, -0.2) is 4.79 Å². The van der Waals surface area contributed by atoms with Crippen molar-refractivity contribution in [3.63, 3.8) is 0 Å². The van der Waals surface area contributed by atoms with E-state index in [1.165, 1.54) is 49.9 Å². The van der Waals surface area contributed by atoms with E-state index in [1.807, 2.05) is 6.07 Å². The molecule has 0 aromatic carbocycles. The van der Waals surface area contributed by atoms with Gasteiger partial charge in [0.05, 0.1) is 0 Å². The molecule has 1 aromatic rings. The second-order valence-electron chi connectivity index (χ2n) is 5.04. The summed E-state index contributed by atoms with van der Waals surface area (Å²) in [5.41, 5.74) is 0. The largest absolute Gasteiger partial charge is 0.477 e. The van der Waals surface area contributed by atoms with E-state index in [2.05, 4.69) is 5.32 Å². The van der Waals surface area contributed by atoms with Gasteiger partial charge in [-0.05, 0) is 37.4 Å². The fraction of sp³-hybridized carbons (Fsp3) is 0.643. The topological polar surface area (TPSA) is 49.3 Å². The highest BCUT2D eigenvalue weighted by Crippen LogP contribution is 2.28. The maximum Gasteiger partial charge on any atom is 0.345 e. The van der Waals surface area contributed by atoms with Crippen LogP contribution in [0.5, 0.6) is 0 Å². The minimum Gasteiger partial charge on any atom is -0.477 e. The van der Waals surface area contributed by atoms with E-state index >= 15 is 0 Å². The molecule has 1 aliphatic rings. The van der Waals surface area contributed by atoms with Gasteiger partial charge in [-0.15, -0.1) is 11.3 Å². The summed E-state index contributed by atoms with van der Waals surface area (Å²) < 4.78 is 0. The van der Waals surface area contributed by atoms with Gasteiger partial charge in [0.15, 0.2) is 0 Å². The molecule has 0 saturated heterocycles. The summed E-state index contributed by atoms with van der Waals surface area (Å²) in [4.78, 5) is 12.3. The Hall–Kier alpha value is -0.870. The first kappa shape index (κ1) is 13.6. The van der Waals surface area contributed by atoms with Gasteiger partial charge in [-0.2, -0.15) is 0 Å². The first-order valence-electron chi connectivity index (χ1n) is 6.78. The number of rotatable bonds is 7. The van der Waals surface area contributed by atoms with Crippen molar-refractivity contribution in [3.8, 4) is 0 Å². The van der Waals surface area contributed by atoms with Crippen LogP contribution in [0.4, 0.5) is 0 Å². The lowest BCUT2D eigenvalue weighted by molar-refractivity contribution is 0.0702. The molecule has 100 valence electrons. The Labute approximate surface area is 112 Å². The van der Waals surface area contributed by atoms with Gasteiger partial charge >= 0.3 is 5.97 Å². The molecule has 0 amide bonds. The van der Waals surface area contributed by atoms with Crippen LogP contribution in [0.2, 0.25) is 0 Å². The van der Waals surface area contributed by atoms with Crippen LogP contribution in [0.1, 0.15) is 53.1 Å². The summed E-state index contributed by atoms with van der Waals surface area (Å²) in [5, 5.41) is 12.2. The van der Waals surface area contributed by atoms with Crippen molar-refractivity contribution in [3.05, 3.63) is 21.9 Å². The fourth-order valence-corrected chi connectivity index (χ4v) is 3.43. The maximum absolute atomic E-state index is 10.7. The quantitative estimate of drug-likeness (QED) is 0.743. The molecule has 1 aliphatic carbocycles. The summed E-state index contributed by atoms with van der Waals surface area (Å²) in [6, 6.07) is 3.58. The second-order valence-corrected chi connectivity index (χ2v) is 6.21. The number of hydrogen-bond acceptors (Lipinski definition) is 3. The molecule has 0 spiro atoms. The highest BCUT2D eigenvalue weighted by atomic mass is 32.1. The van der Waals surface area contributed by atoms with Crippen molar-refractivity contribution < 1.29 is 9.90 Å². The lowest BCUT2D eigenvalue weighted by Crippen LogP contribution is -2.14. The average Bonchev–Trinajstić information content (AvgIpc) is 2.98. The summed E-state index contributed by atoms with van der Waals surface area (Å²) >= 11 is 1.36. The molecule has 0 atom stereocenters. The van der Waals surface area contributed by atoms with Crippen LogP contribution in [0, 0.1) is 5.92 Å². The minimum atomic E-state index is -0.826. The van der Waals surface area contributed by atoms with Crippen LogP contribution in [-0.4, -0.2) is 17.6 Å². The fourth-order valence-electron chi connectivity index (χ4n) is 2.61. The Morgan fingerprint density at radius 3 is 2.83 bits per heavy atom. The molecule has 1 heterocycles. The number of hydrogen-bond donors (Lipinski definition) is 2. The van der Waals surface area contributed by atoms with E-state index in [-0.39, 0.29) is 0 Å². The molecule has 3 nitrogen and oxygen atoms in total. The van der Waals surface area contributed by atoms with E-state index in [1.54, 1.807) is 6.07 Å². The van der Waals surface area contributed by atoms with Gasteiger partial charge < -0.3 is 10.4 Å². The zero-order valence-corrected chi connectivity index (χ0v) is 11.5. The van der Waals surface area contributed by atoms with Crippen LogP contribution >= 0.6 is 11.3 Å². The van der Waals surface area contributed by atoms with Crippen LogP contribution in [-0.2, 0) is 6.54 Å². The molecule has 4 heteroatoms. The molecule has 2 rings (SSSR count). The number of nitrogens with one attached hydrogen (secondary N) is 1. The van der Waals surface area contributed by atoms with Gasteiger partial charge in [-0.3, -0.25) is 0 Å². The standard InChI is InChI=1S/C14H21NO2S/c16-14(17)13-8-7-12(18-13)10-15-9-3-6-11-4-1-2-5-11/h7-8,11,15H,1-6,9-10H2,(H,16,17). The second kappa shape index (κ2) is 6.90. The molecule has 1 aromatic heterocycles. The Morgan fingerprint density at radius 1 is 1.39 bits per heavy atom. The van der Waals surface area contributed by atoms with Crippen molar-refractivity contribution in [1.82, 2.24) is 5.32 Å². The summed E-state index contributed by atoms with van der Waals surface area (Å²) in [6.45, 7) is 1.83. The highest BCUT2D eigenvalue weighted by molar-refractivity contribution is 7.13. The number of carbonyl (C=O) groups is 1. The lowest BCUT2D eigenvalue weighted by atomic mass is 10.0.